The average Bonchev–Trinajstić information content (AvgIpc) is 2.39. The van der Waals surface area contributed by atoms with Gasteiger partial charge in [-0.2, -0.15) is 0 Å². The van der Waals surface area contributed by atoms with Gasteiger partial charge < -0.3 is 0 Å². The molecule has 0 fully saturated rings. The summed E-state index contributed by atoms with van der Waals surface area (Å²) >= 11 is 3.46. The van der Waals surface area contributed by atoms with Gasteiger partial charge >= 0.3 is 0 Å². The molecule has 98 valence electrons. The molecule has 0 atom stereocenters. The standard InChI is InChI=1S/C17H19BrSi/c1-19(2,14-16-6-4-3-5-7-16)13-12-15-8-10-17(18)11-9-15/h3-13H,14H2,1-2H3/b13-12+. The van der Waals surface area contributed by atoms with Crippen molar-refractivity contribution >= 4 is 30.1 Å². The minimum absolute atomic E-state index is 1.13. The molecule has 0 saturated heterocycles. The monoisotopic (exact) mass is 330 g/mol. The van der Waals surface area contributed by atoms with Crippen LogP contribution in [0.5, 0.6) is 0 Å². The Morgan fingerprint density at radius 3 is 2.21 bits per heavy atom. The van der Waals surface area contributed by atoms with Crippen LogP contribution in [0.2, 0.25) is 13.1 Å². The molecule has 0 nitrogen and oxygen atoms in total. The van der Waals surface area contributed by atoms with Gasteiger partial charge in [0.15, 0.2) is 0 Å². The molecule has 2 aromatic carbocycles. The van der Waals surface area contributed by atoms with E-state index in [-0.39, 0.29) is 0 Å². The smallest absolute Gasteiger partial charge is 0.0760 e. The van der Waals surface area contributed by atoms with Crippen LogP contribution in [0, 0.1) is 0 Å². The maximum atomic E-state index is 3.46. The zero-order valence-corrected chi connectivity index (χ0v) is 14.0. The van der Waals surface area contributed by atoms with Crippen LogP contribution in [0.4, 0.5) is 0 Å². The normalized spacial score (nSPS) is 11.9. The molecule has 0 aliphatic carbocycles. The quantitative estimate of drug-likeness (QED) is 0.650. The van der Waals surface area contributed by atoms with E-state index in [0.29, 0.717) is 0 Å². The molecule has 0 N–H and O–H groups in total. The lowest BCUT2D eigenvalue weighted by Crippen LogP contribution is -2.26. The van der Waals surface area contributed by atoms with E-state index in [2.05, 4.69) is 95.4 Å². The fraction of sp³-hybridized carbons (Fsp3) is 0.176. The number of benzene rings is 2. The maximum absolute atomic E-state index is 3.46. The van der Waals surface area contributed by atoms with Crippen molar-refractivity contribution < 1.29 is 0 Å². The first kappa shape index (κ1) is 14.3. The predicted molar refractivity (Wildman–Crippen MR) is 90.8 cm³/mol. The Labute approximate surface area is 125 Å². The van der Waals surface area contributed by atoms with Crippen LogP contribution in [-0.2, 0) is 6.04 Å². The molecular formula is C17H19BrSi. The van der Waals surface area contributed by atoms with E-state index in [0.717, 1.165) is 4.47 Å². The summed E-state index contributed by atoms with van der Waals surface area (Å²) in [5, 5.41) is 0. The third-order valence-corrected chi connectivity index (χ3v) is 6.02. The van der Waals surface area contributed by atoms with Crippen LogP contribution in [0.1, 0.15) is 11.1 Å². The van der Waals surface area contributed by atoms with Gasteiger partial charge in [0.25, 0.3) is 0 Å². The Bertz CT molecular complexity index is 541. The first-order valence-electron chi connectivity index (χ1n) is 6.54. The molecule has 0 heterocycles. The van der Waals surface area contributed by atoms with Crippen LogP contribution in [0.25, 0.3) is 6.08 Å². The third-order valence-electron chi connectivity index (χ3n) is 3.10. The molecule has 0 aliphatic heterocycles. The van der Waals surface area contributed by atoms with Gasteiger partial charge in [0, 0.05) is 4.47 Å². The lowest BCUT2D eigenvalue weighted by Gasteiger charge is -2.17. The van der Waals surface area contributed by atoms with Crippen molar-refractivity contribution in [1.29, 1.82) is 0 Å². The molecule has 0 spiro atoms. The van der Waals surface area contributed by atoms with E-state index in [1.54, 1.807) is 0 Å². The number of halogens is 1. The molecule has 0 radical (unpaired) electrons. The van der Waals surface area contributed by atoms with E-state index < -0.39 is 8.07 Å². The fourth-order valence-corrected chi connectivity index (χ4v) is 4.39. The highest BCUT2D eigenvalue weighted by Crippen LogP contribution is 2.16. The Balaban J connectivity index is 2.06. The molecule has 19 heavy (non-hydrogen) atoms. The summed E-state index contributed by atoms with van der Waals surface area (Å²) in [4.78, 5) is 0. The number of hydrogen-bond donors (Lipinski definition) is 0. The lowest BCUT2D eigenvalue weighted by atomic mass is 10.2. The SMILES string of the molecule is C[Si](C)(/C=C/c1ccc(Br)cc1)Cc1ccccc1. The highest BCUT2D eigenvalue weighted by atomic mass is 79.9. The van der Waals surface area contributed by atoms with Gasteiger partial charge in [-0.1, -0.05) is 88.8 Å². The summed E-state index contributed by atoms with van der Waals surface area (Å²) in [5.41, 5.74) is 5.15. The zero-order valence-electron chi connectivity index (χ0n) is 11.4. The minimum Gasteiger partial charge on any atom is -0.0938 e. The highest BCUT2D eigenvalue weighted by molar-refractivity contribution is 9.10. The third kappa shape index (κ3) is 4.81. The summed E-state index contributed by atoms with van der Waals surface area (Å²) in [6.07, 6.45) is 2.27. The summed E-state index contributed by atoms with van der Waals surface area (Å²) in [6, 6.07) is 20.4. The first-order chi connectivity index (χ1) is 9.05. The molecule has 2 aromatic rings. The summed E-state index contributed by atoms with van der Waals surface area (Å²) in [7, 11) is -1.33. The van der Waals surface area contributed by atoms with Gasteiger partial charge in [-0.3, -0.25) is 0 Å². The second-order valence-corrected chi connectivity index (χ2v) is 11.1. The van der Waals surface area contributed by atoms with E-state index in [1.165, 1.54) is 17.2 Å². The van der Waals surface area contributed by atoms with Crippen LogP contribution >= 0.6 is 15.9 Å². The number of hydrogen-bond acceptors (Lipinski definition) is 0. The van der Waals surface area contributed by atoms with Crippen LogP contribution in [-0.4, -0.2) is 8.07 Å². The number of rotatable bonds is 4. The van der Waals surface area contributed by atoms with Gasteiger partial charge in [0.05, 0.1) is 8.07 Å². The molecule has 0 aromatic heterocycles. The Hall–Kier alpha value is -1.12. The lowest BCUT2D eigenvalue weighted by molar-refractivity contribution is 1.33. The van der Waals surface area contributed by atoms with Gasteiger partial charge in [0.1, 0.15) is 0 Å². The molecule has 0 saturated carbocycles. The molecular weight excluding hydrogens is 312 g/mol. The van der Waals surface area contributed by atoms with Crippen molar-refractivity contribution in [3.8, 4) is 0 Å². The topological polar surface area (TPSA) is 0 Å². The Morgan fingerprint density at radius 1 is 0.947 bits per heavy atom. The average molecular weight is 331 g/mol. The van der Waals surface area contributed by atoms with E-state index in [1.807, 2.05) is 0 Å². The van der Waals surface area contributed by atoms with Crippen LogP contribution < -0.4 is 0 Å². The molecule has 0 aliphatic rings. The molecule has 2 heteroatoms. The van der Waals surface area contributed by atoms with Crippen molar-refractivity contribution in [3.63, 3.8) is 0 Å². The zero-order chi connectivity index (χ0) is 13.7. The van der Waals surface area contributed by atoms with Gasteiger partial charge in [-0.05, 0) is 23.7 Å². The van der Waals surface area contributed by atoms with Crippen molar-refractivity contribution in [2.75, 3.05) is 0 Å². The van der Waals surface area contributed by atoms with Crippen molar-refractivity contribution in [2.24, 2.45) is 0 Å². The second kappa shape index (κ2) is 6.35. The fourth-order valence-electron chi connectivity index (χ4n) is 2.08. The molecule has 2 rings (SSSR count). The van der Waals surface area contributed by atoms with Gasteiger partial charge in [-0.25, -0.2) is 0 Å². The van der Waals surface area contributed by atoms with Crippen LogP contribution in [0.3, 0.4) is 0 Å². The molecule has 0 amide bonds. The predicted octanol–water partition coefficient (Wildman–Crippen LogP) is 5.49. The Kier molecular flexibility index (Phi) is 4.78. The van der Waals surface area contributed by atoms with Crippen molar-refractivity contribution in [1.82, 2.24) is 0 Å². The largest absolute Gasteiger partial charge is 0.0938 e. The molecule has 0 unspecified atom stereocenters. The second-order valence-electron chi connectivity index (χ2n) is 5.54. The van der Waals surface area contributed by atoms with E-state index >= 15 is 0 Å². The van der Waals surface area contributed by atoms with Crippen molar-refractivity contribution in [3.05, 3.63) is 75.9 Å². The highest BCUT2D eigenvalue weighted by Gasteiger charge is 2.17. The van der Waals surface area contributed by atoms with Gasteiger partial charge in [-0.15, -0.1) is 0 Å². The minimum atomic E-state index is -1.33. The maximum Gasteiger partial charge on any atom is 0.0760 e. The van der Waals surface area contributed by atoms with Crippen LogP contribution in [0.15, 0.2) is 64.8 Å². The van der Waals surface area contributed by atoms with E-state index in [4.69, 9.17) is 0 Å². The molecule has 0 bridgehead atoms. The Morgan fingerprint density at radius 2 is 1.58 bits per heavy atom. The summed E-state index contributed by atoms with van der Waals surface area (Å²) in [6.45, 7) is 4.82. The first-order valence-corrected chi connectivity index (χ1v) is 10.6. The van der Waals surface area contributed by atoms with Gasteiger partial charge in [0.2, 0.25) is 0 Å². The van der Waals surface area contributed by atoms with E-state index in [9.17, 15) is 0 Å². The summed E-state index contributed by atoms with van der Waals surface area (Å²) in [5.74, 6) is 0. The summed E-state index contributed by atoms with van der Waals surface area (Å²) < 4.78 is 1.13. The van der Waals surface area contributed by atoms with Crippen molar-refractivity contribution in [2.45, 2.75) is 19.1 Å².